The number of benzene rings is 3. The van der Waals surface area contributed by atoms with Crippen molar-refractivity contribution in [2.75, 3.05) is 50.1 Å². The number of rotatable bonds is 7. The van der Waals surface area contributed by atoms with Crippen LogP contribution in [0.5, 0.6) is 0 Å². The summed E-state index contributed by atoms with van der Waals surface area (Å²) >= 11 is 0. The second kappa shape index (κ2) is 9.13. The van der Waals surface area contributed by atoms with Gasteiger partial charge in [-0.15, -0.1) is 0 Å². The van der Waals surface area contributed by atoms with Crippen LogP contribution in [0.2, 0.25) is 0 Å². The molecule has 0 spiro atoms. The largest absolute Gasteiger partial charge is 0.353 e. The van der Waals surface area contributed by atoms with Gasteiger partial charge >= 0.3 is 0 Å². The Balaban J connectivity index is 1.11. The Morgan fingerprint density at radius 2 is 1.55 bits per heavy atom. The Labute approximate surface area is 194 Å². The molecule has 5 rings (SSSR count). The Morgan fingerprint density at radius 1 is 0.848 bits per heavy atom. The molecular formula is C25H28N4O3S. The zero-order valence-corrected chi connectivity index (χ0v) is 19.3. The van der Waals surface area contributed by atoms with E-state index in [9.17, 15) is 13.2 Å². The quantitative estimate of drug-likeness (QED) is 0.581. The predicted molar refractivity (Wildman–Crippen MR) is 130 cm³/mol. The van der Waals surface area contributed by atoms with E-state index in [-0.39, 0.29) is 17.3 Å². The first-order chi connectivity index (χ1) is 16.0. The average Bonchev–Trinajstić information content (AvgIpc) is 3.04. The monoisotopic (exact) mass is 464 g/mol. The molecule has 0 aromatic heterocycles. The first kappa shape index (κ1) is 21.9. The zero-order chi connectivity index (χ0) is 22.8. The second-order valence-corrected chi connectivity index (χ2v) is 10.4. The smallest absolute Gasteiger partial charge is 0.265 e. The van der Waals surface area contributed by atoms with Crippen LogP contribution in [0.1, 0.15) is 5.56 Å². The number of carbonyl (C=O) groups is 1. The third-order valence-electron chi connectivity index (χ3n) is 6.43. The topological polar surface area (TPSA) is 73.0 Å². The minimum Gasteiger partial charge on any atom is -0.353 e. The maximum Gasteiger partial charge on any atom is 0.265 e. The summed E-state index contributed by atoms with van der Waals surface area (Å²) in [6, 6.07) is 21.2. The van der Waals surface area contributed by atoms with Crippen LogP contribution in [0.3, 0.4) is 0 Å². The Bertz CT molecular complexity index is 1250. The highest BCUT2D eigenvalue weighted by Crippen LogP contribution is 2.41. The van der Waals surface area contributed by atoms with E-state index in [0.29, 0.717) is 17.6 Å². The molecule has 1 amide bonds. The highest BCUT2D eigenvalue weighted by Gasteiger charge is 2.36. The first-order valence-corrected chi connectivity index (χ1v) is 12.8. The molecular weight excluding hydrogens is 436 g/mol. The fourth-order valence-electron chi connectivity index (χ4n) is 4.68. The number of hydrogen-bond donors (Lipinski definition) is 1. The van der Waals surface area contributed by atoms with E-state index in [4.69, 9.17) is 0 Å². The summed E-state index contributed by atoms with van der Waals surface area (Å²) < 4.78 is 27.3. The van der Waals surface area contributed by atoms with Gasteiger partial charge in [-0.1, -0.05) is 54.6 Å². The third-order valence-corrected chi connectivity index (χ3v) is 8.23. The molecule has 8 heteroatoms. The van der Waals surface area contributed by atoms with Crippen molar-refractivity contribution in [2.45, 2.75) is 11.4 Å². The molecule has 1 N–H and O–H groups in total. The highest BCUT2D eigenvalue weighted by atomic mass is 32.2. The van der Waals surface area contributed by atoms with E-state index in [1.165, 1.54) is 9.87 Å². The van der Waals surface area contributed by atoms with Crippen molar-refractivity contribution < 1.29 is 13.2 Å². The number of piperazine rings is 1. The van der Waals surface area contributed by atoms with Crippen molar-refractivity contribution in [2.24, 2.45) is 0 Å². The molecule has 33 heavy (non-hydrogen) atoms. The van der Waals surface area contributed by atoms with Crippen LogP contribution >= 0.6 is 0 Å². The van der Waals surface area contributed by atoms with Crippen LogP contribution in [0.4, 0.5) is 5.69 Å². The molecule has 172 valence electrons. The summed E-state index contributed by atoms with van der Waals surface area (Å²) in [5.74, 6) is -0.286. The molecule has 3 aromatic carbocycles. The fraction of sp³-hybridized carbons (Fsp3) is 0.320. The van der Waals surface area contributed by atoms with E-state index < -0.39 is 10.0 Å². The molecule has 7 nitrogen and oxygen atoms in total. The van der Waals surface area contributed by atoms with E-state index in [2.05, 4.69) is 39.4 Å². The van der Waals surface area contributed by atoms with Gasteiger partial charge < -0.3 is 5.32 Å². The van der Waals surface area contributed by atoms with Gasteiger partial charge in [0.05, 0.1) is 10.6 Å². The van der Waals surface area contributed by atoms with Crippen LogP contribution < -0.4 is 9.62 Å². The summed E-state index contributed by atoms with van der Waals surface area (Å²) in [5.41, 5.74) is 1.90. The lowest BCUT2D eigenvalue weighted by Gasteiger charge is -2.34. The van der Waals surface area contributed by atoms with Gasteiger partial charge in [-0.05, 0) is 23.1 Å². The molecule has 0 atom stereocenters. The van der Waals surface area contributed by atoms with Crippen molar-refractivity contribution in [1.29, 1.82) is 0 Å². The molecule has 1 saturated heterocycles. The molecule has 0 bridgehead atoms. The van der Waals surface area contributed by atoms with Gasteiger partial charge in [0.1, 0.15) is 6.54 Å². The lowest BCUT2D eigenvalue weighted by Crippen LogP contribution is -2.48. The number of hydrogen-bond acceptors (Lipinski definition) is 5. The average molecular weight is 465 g/mol. The molecule has 0 aliphatic carbocycles. The predicted octanol–water partition coefficient (Wildman–Crippen LogP) is 2.28. The molecule has 2 aliphatic rings. The Hall–Kier alpha value is -2.94. The van der Waals surface area contributed by atoms with Crippen LogP contribution in [0.25, 0.3) is 10.8 Å². The van der Waals surface area contributed by atoms with Crippen molar-refractivity contribution >= 4 is 32.4 Å². The molecule has 2 aliphatic heterocycles. The Kier molecular flexibility index (Phi) is 6.05. The number of nitrogens with zero attached hydrogens (tertiary/aromatic N) is 3. The Morgan fingerprint density at radius 3 is 2.30 bits per heavy atom. The van der Waals surface area contributed by atoms with E-state index in [0.717, 1.165) is 44.7 Å². The standard InChI is InChI=1S/C25H28N4O3S/c30-24(19-29-22-10-4-8-21-9-5-11-23(25(21)22)33(29,31)32)26-12-13-27-14-16-28(17-15-27)18-20-6-2-1-3-7-20/h1-11H,12-19H2,(H,26,30). The van der Waals surface area contributed by atoms with Gasteiger partial charge in [0, 0.05) is 51.2 Å². The number of sulfonamides is 1. The zero-order valence-electron chi connectivity index (χ0n) is 18.5. The van der Waals surface area contributed by atoms with Gasteiger partial charge in [0.15, 0.2) is 0 Å². The first-order valence-electron chi connectivity index (χ1n) is 11.3. The van der Waals surface area contributed by atoms with Crippen molar-refractivity contribution in [3.8, 4) is 0 Å². The summed E-state index contributed by atoms with van der Waals surface area (Å²) in [5, 5.41) is 4.46. The maximum atomic E-state index is 13.0. The summed E-state index contributed by atoms with van der Waals surface area (Å²) in [4.78, 5) is 17.7. The molecule has 0 radical (unpaired) electrons. The van der Waals surface area contributed by atoms with Crippen LogP contribution in [-0.4, -0.2) is 69.9 Å². The van der Waals surface area contributed by atoms with Gasteiger partial charge in [-0.2, -0.15) is 0 Å². The van der Waals surface area contributed by atoms with E-state index >= 15 is 0 Å². The van der Waals surface area contributed by atoms with E-state index in [1.807, 2.05) is 24.3 Å². The lowest BCUT2D eigenvalue weighted by atomic mass is 10.1. The minimum atomic E-state index is -3.71. The van der Waals surface area contributed by atoms with Crippen LogP contribution in [0, 0.1) is 0 Å². The van der Waals surface area contributed by atoms with Gasteiger partial charge in [-0.25, -0.2) is 8.42 Å². The van der Waals surface area contributed by atoms with Crippen LogP contribution in [0.15, 0.2) is 71.6 Å². The molecule has 0 saturated carbocycles. The van der Waals surface area contributed by atoms with Gasteiger partial charge in [-0.3, -0.25) is 18.9 Å². The molecule has 2 heterocycles. The normalized spacial score (nSPS) is 18.0. The molecule has 3 aromatic rings. The summed E-state index contributed by atoms with van der Waals surface area (Å²) in [6.45, 7) is 5.93. The molecule has 0 unspecified atom stereocenters. The number of anilines is 1. The number of amides is 1. The van der Waals surface area contributed by atoms with Crippen molar-refractivity contribution in [1.82, 2.24) is 15.1 Å². The number of carbonyl (C=O) groups excluding carboxylic acids is 1. The summed E-state index contributed by atoms with van der Waals surface area (Å²) in [6.07, 6.45) is 0. The highest BCUT2D eigenvalue weighted by molar-refractivity contribution is 7.93. The fourth-order valence-corrected chi connectivity index (χ4v) is 6.35. The van der Waals surface area contributed by atoms with Crippen molar-refractivity contribution in [3.05, 3.63) is 72.3 Å². The van der Waals surface area contributed by atoms with Gasteiger partial charge in [0.25, 0.3) is 10.0 Å². The SMILES string of the molecule is O=C(CN1c2cccc3cccc(c23)S1(=O)=O)NCCN1CCN(Cc2ccccc2)CC1. The minimum absolute atomic E-state index is 0.207. The van der Waals surface area contributed by atoms with E-state index in [1.54, 1.807) is 18.2 Å². The second-order valence-electron chi connectivity index (χ2n) is 8.60. The van der Waals surface area contributed by atoms with Crippen molar-refractivity contribution in [3.63, 3.8) is 0 Å². The third kappa shape index (κ3) is 4.46. The molecule has 1 fully saturated rings. The maximum absolute atomic E-state index is 13.0. The van der Waals surface area contributed by atoms with Gasteiger partial charge in [0.2, 0.25) is 5.91 Å². The summed E-state index contributed by atoms with van der Waals surface area (Å²) in [7, 11) is -3.71. The van der Waals surface area contributed by atoms with Crippen LogP contribution in [-0.2, 0) is 21.4 Å². The lowest BCUT2D eigenvalue weighted by molar-refractivity contribution is -0.119. The number of nitrogens with one attached hydrogen (secondary N) is 1.